The van der Waals surface area contributed by atoms with Gasteiger partial charge in [0.25, 0.3) is 5.91 Å². The van der Waals surface area contributed by atoms with Gasteiger partial charge in [0, 0.05) is 10.6 Å². The van der Waals surface area contributed by atoms with Gasteiger partial charge in [-0.3, -0.25) is 4.79 Å². The smallest absolute Gasteiger partial charge is 0.343 e. The molecular formula is C21H15ClN2O3. The van der Waals surface area contributed by atoms with Crippen molar-refractivity contribution in [3.05, 3.63) is 101 Å². The molecule has 0 aliphatic rings. The number of esters is 1. The summed E-state index contributed by atoms with van der Waals surface area (Å²) in [5.74, 6) is -0.338. The van der Waals surface area contributed by atoms with Crippen LogP contribution in [0.2, 0.25) is 5.02 Å². The third-order valence-corrected chi connectivity index (χ3v) is 3.84. The molecule has 0 aliphatic heterocycles. The van der Waals surface area contributed by atoms with Gasteiger partial charge in [0.15, 0.2) is 0 Å². The molecule has 27 heavy (non-hydrogen) atoms. The normalized spacial score (nSPS) is 10.6. The molecule has 134 valence electrons. The van der Waals surface area contributed by atoms with Gasteiger partial charge in [-0.05, 0) is 66.2 Å². The second-order valence-corrected chi connectivity index (χ2v) is 5.97. The van der Waals surface area contributed by atoms with Crippen molar-refractivity contribution >= 4 is 29.7 Å². The average molecular weight is 379 g/mol. The number of hydrogen-bond donors (Lipinski definition) is 1. The summed E-state index contributed by atoms with van der Waals surface area (Å²) in [7, 11) is 0. The van der Waals surface area contributed by atoms with E-state index in [1.54, 1.807) is 72.8 Å². The van der Waals surface area contributed by atoms with Crippen molar-refractivity contribution in [2.75, 3.05) is 0 Å². The molecule has 0 unspecified atom stereocenters. The van der Waals surface area contributed by atoms with E-state index in [9.17, 15) is 9.59 Å². The van der Waals surface area contributed by atoms with Crippen molar-refractivity contribution in [3.8, 4) is 5.75 Å². The Balaban J connectivity index is 1.55. The Labute approximate surface area is 161 Å². The zero-order valence-corrected chi connectivity index (χ0v) is 14.9. The van der Waals surface area contributed by atoms with Crippen LogP contribution in [0.15, 0.2) is 84.0 Å². The van der Waals surface area contributed by atoms with Crippen LogP contribution in [0.1, 0.15) is 26.3 Å². The molecular weight excluding hydrogens is 364 g/mol. The lowest BCUT2D eigenvalue weighted by atomic mass is 10.2. The fourth-order valence-electron chi connectivity index (χ4n) is 2.19. The number of rotatable bonds is 5. The molecule has 0 saturated heterocycles. The molecule has 1 amide bonds. The van der Waals surface area contributed by atoms with Crippen LogP contribution in [0, 0.1) is 0 Å². The van der Waals surface area contributed by atoms with Crippen LogP contribution < -0.4 is 10.2 Å². The zero-order valence-electron chi connectivity index (χ0n) is 14.1. The predicted molar refractivity (Wildman–Crippen MR) is 104 cm³/mol. The largest absolute Gasteiger partial charge is 0.423 e. The van der Waals surface area contributed by atoms with Crippen LogP contribution in [0.4, 0.5) is 0 Å². The van der Waals surface area contributed by atoms with Crippen molar-refractivity contribution in [2.24, 2.45) is 5.10 Å². The highest BCUT2D eigenvalue weighted by atomic mass is 35.5. The summed E-state index contributed by atoms with van der Waals surface area (Å²) in [6, 6.07) is 22.0. The van der Waals surface area contributed by atoms with Gasteiger partial charge in [0.2, 0.25) is 0 Å². The molecule has 6 heteroatoms. The maximum absolute atomic E-state index is 12.0. The molecule has 0 aromatic heterocycles. The first-order chi connectivity index (χ1) is 13.1. The predicted octanol–water partition coefficient (Wildman–Crippen LogP) is 4.32. The second kappa shape index (κ2) is 8.78. The standard InChI is InChI=1S/C21H15ClN2O3/c22-18-10-8-16(9-11-18)20(25)24-23-14-15-6-12-19(13-7-15)27-21(26)17-4-2-1-3-5-17/h1-14H,(H,24,25)/b23-14+. The second-order valence-electron chi connectivity index (χ2n) is 5.53. The monoisotopic (exact) mass is 378 g/mol. The number of ether oxygens (including phenoxy) is 1. The first-order valence-electron chi connectivity index (χ1n) is 8.08. The molecule has 0 aliphatic carbocycles. The Morgan fingerprint density at radius 1 is 0.852 bits per heavy atom. The fourth-order valence-corrected chi connectivity index (χ4v) is 2.32. The van der Waals surface area contributed by atoms with E-state index in [0.717, 1.165) is 5.56 Å². The third-order valence-electron chi connectivity index (χ3n) is 3.59. The molecule has 3 rings (SSSR count). The molecule has 0 bridgehead atoms. The number of amides is 1. The van der Waals surface area contributed by atoms with E-state index in [2.05, 4.69) is 10.5 Å². The quantitative estimate of drug-likeness (QED) is 0.311. The molecule has 0 atom stereocenters. The van der Waals surface area contributed by atoms with E-state index in [4.69, 9.17) is 16.3 Å². The van der Waals surface area contributed by atoms with E-state index >= 15 is 0 Å². The van der Waals surface area contributed by atoms with Crippen molar-refractivity contribution in [1.29, 1.82) is 0 Å². The number of nitrogens with zero attached hydrogens (tertiary/aromatic N) is 1. The SMILES string of the molecule is O=C(N/N=C/c1ccc(OC(=O)c2ccccc2)cc1)c1ccc(Cl)cc1. The number of hydrogen-bond acceptors (Lipinski definition) is 4. The third kappa shape index (κ3) is 5.26. The molecule has 3 aromatic rings. The number of benzene rings is 3. The topological polar surface area (TPSA) is 67.8 Å². The molecule has 0 heterocycles. The first kappa shape index (κ1) is 18.4. The van der Waals surface area contributed by atoms with E-state index in [0.29, 0.717) is 21.9 Å². The molecule has 0 radical (unpaired) electrons. The average Bonchev–Trinajstić information content (AvgIpc) is 2.70. The highest BCUT2D eigenvalue weighted by molar-refractivity contribution is 6.30. The molecule has 0 spiro atoms. The highest BCUT2D eigenvalue weighted by Crippen LogP contribution is 2.14. The van der Waals surface area contributed by atoms with Crippen LogP contribution in [0.3, 0.4) is 0 Å². The summed E-state index contributed by atoms with van der Waals surface area (Å²) in [6.07, 6.45) is 1.50. The minimum absolute atomic E-state index is 0.337. The van der Waals surface area contributed by atoms with Gasteiger partial charge in [0.05, 0.1) is 11.8 Å². The number of carbonyl (C=O) groups is 2. The zero-order chi connectivity index (χ0) is 19.1. The minimum Gasteiger partial charge on any atom is -0.423 e. The summed E-state index contributed by atoms with van der Waals surface area (Å²) >= 11 is 5.79. The Morgan fingerprint density at radius 2 is 1.52 bits per heavy atom. The molecule has 1 N–H and O–H groups in total. The van der Waals surface area contributed by atoms with Crippen molar-refractivity contribution in [3.63, 3.8) is 0 Å². The summed E-state index contributed by atoms with van der Waals surface area (Å²) in [5, 5.41) is 4.47. The number of hydrazone groups is 1. The van der Waals surface area contributed by atoms with Gasteiger partial charge < -0.3 is 4.74 Å². The van der Waals surface area contributed by atoms with Gasteiger partial charge in [-0.1, -0.05) is 29.8 Å². The first-order valence-corrected chi connectivity index (χ1v) is 8.46. The van der Waals surface area contributed by atoms with Gasteiger partial charge in [-0.15, -0.1) is 0 Å². The lowest BCUT2D eigenvalue weighted by molar-refractivity contribution is 0.0734. The lowest BCUT2D eigenvalue weighted by Gasteiger charge is -2.04. The van der Waals surface area contributed by atoms with Crippen LogP contribution in [0.25, 0.3) is 0 Å². The molecule has 3 aromatic carbocycles. The van der Waals surface area contributed by atoms with Crippen molar-refractivity contribution in [2.45, 2.75) is 0 Å². The summed E-state index contributed by atoms with van der Waals surface area (Å²) in [4.78, 5) is 23.9. The summed E-state index contributed by atoms with van der Waals surface area (Å²) in [5.41, 5.74) is 4.12. The van der Waals surface area contributed by atoms with Crippen molar-refractivity contribution in [1.82, 2.24) is 5.43 Å². The Bertz CT molecular complexity index is 953. The van der Waals surface area contributed by atoms with Gasteiger partial charge in [0.1, 0.15) is 5.75 Å². The highest BCUT2D eigenvalue weighted by Gasteiger charge is 2.07. The van der Waals surface area contributed by atoms with E-state index < -0.39 is 5.97 Å². The molecule has 0 fully saturated rings. The lowest BCUT2D eigenvalue weighted by Crippen LogP contribution is -2.17. The van der Waals surface area contributed by atoms with Crippen LogP contribution >= 0.6 is 11.6 Å². The van der Waals surface area contributed by atoms with Gasteiger partial charge in [-0.25, -0.2) is 10.2 Å². The summed E-state index contributed by atoms with van der Waals surface area (Å²) in [6.45, 7) is 0. The minimum atomic E-state index is -0.424. The maximum Gasteiger partial charge on any atom is 0.343 e. The van der Waals surface area contributed by atoms with E-state index in [1.165, 1.54) is 6.21 Å². The van der Waals surface area contributed by atoms with Gasteiger partial charge in [-0.2, -0.15) is 5.10 Å². The van der Waals surface area contributed by atoms with Crippen LogP contribution in [0.5, 0.6) is 5.75 Å². The number of carbonyl (C=O) groups excluding carboxylic acids is 2. The molecule has 5 nitrogen and oxygen atoms in total. The van der Waals surface area contributed by atoms with E-state index in [-0.39, 0.29) is 5.91 Å². The Hall–Kier alpha value is -3.44. The van der Waals surface area contributed by atoms with Gasteiger partial charge >= 0.3 is 5.97 Å². The van der Waals surface area contributed by atoms with Crippen LogP contribution in [-0.2, 0) is 0 Å². The van der Waals surface area contributed by atoms with E-state index in [1.807, 2.05) is 6.07 Å². The Morgan fingerprint density at radius 3 is 2.19 bits per heavy atom. The number of halogens is 1. The van der Waals surface area contributed by atoms with Crippen molar-refractivity contribution < 1.29 is 14.3 Å². The fraction of sp³-hybridized carbons (Fsp3) is 0. The summed E-state index contributed by atoms with van der Waals surface area (Å²) < 4.78 is 5.30. The molecule has 0 saturated carbocycles. The van der Waals surface area contributed by atoms with Crippen LogP contribution in [-0.4, -0.2) is 18.1 Å². The maximum atomic E-state index is 12.0. The Kier molecular flexibility index (Phi) is 5.97. The number of nitrogens with one attached hydrogen (secondary N) is 1.